The number of anilines is 2. The van der Waals surface area contributed by atoms with E-state index in [4.69, 9.17) is 0 Å². The van der Waals surface area contributed by atoms with E-state index in [1.165, 1.54) is 12.8 Å². The number of amides is 1. The van der Waals surface area contributed by atoms with Gasteiger partial charge in [-0.15, -0.1) is 0 Å². The molecular formula is C15H16N4O3. The first-order valence-electron chi connectivity index (χ1n) is 7.12. The summed E-state index contributed by atoms with van der Waals surface area (Å²) >= 11 is 0. The molecule has 1 aromatic heterocycles. The lowest BCUT2D eigenvalue weighted by Crippen LogP contribution is -2.27. The lowest BCUT2D eigenvalue weighted by molar-refractivity contribution is 0.102. The van der Waals surface area contributed by atoms with Gasteiger partial charge in [0.1, 0.15) is 5.69 Å². The van der Waals surface area contributed by atoms with Gasteiger partial charge in [0.05, 0.1) is 0 Å². The molecular weight excluding hydrogens is 284 g/mol. The van der Waals surface area contributed by atoms with Crippen LogP contribution in [0.2, 0.25) is 0 Å². The molecule has 22 heavy (non-hydrogen) atoms. The smallest absolute Gasteiger partial charge is 0.326 e. The minimum atomic E-state index is -0.706. The van der Waals surface area contributed by atoms with Crippen molar-refractivity contribution in [1.82, 2.24) is 9.97 Å². The standard InChI is InChI=1S/C15H16N4O3/c20-13-9-12(17-15(22)18-13)14(21)16-10-3-5-11(6-4-10)19-7-1-2-8-19/h3-6,9H,1-2,7-8H2,(H,16,21)(H2,17,18,20,22). The SMILES string of the molecule is O=C(Nc1ccc(N2CCCC2)cc1)c1cc(=O)[nH]c(=O)[nH]1. The lowest BCUT2D eigenvalue weighted by atomic mass is 10.2. The molecule has 0 unspecified atom stereocenters. The van der Waals surface area contributed by atoms with Crippen molar-refractivity contribution >= 4 is 17.3 Å². The third kappa shape index (κ3) is 3.08. The highest BCUT2D eigenvalue weighted by molar-refractivity contribution is 6.02. The first kappa shape index (κ1) is 14.1. The Hall–Kier alpha value is -2.83. The molecule has 7 heteroatoms. The van der Waals surface area contributed by atoms with Crippen molar-refractivity contribution in [2.75, 3.05) is 23.3 Å². The van der Waals surface area contributed by atoms with E-state index in [1.54, 1.807) is 12.1 Å². The second-order valence-corrected chi connectivity index (χ2v) is 5.20. The van der Waals surface area contributed by atoms with Crippen LogP contribution < -0.4 is 21.5 Å². The van der Waals surface area contributed by atoms with Crippen LogP contribution in [0, 0.1) is 0 Å². The topological polar surface area (TPSA) is 98.1 Å². The Morgan fingerprint density at radius 3 is 2.36 bits per heavy atom. The van der Waals surface area contributed by atoms with E-state index < -0.39 is 17.2 Å². The molecule has 2 heterocycles. The highest BCUT2D eigenvalue weighted by Gasteiger charge is 2.12. The Labute approximate surface area is 126 Å². The molecule has 2 aromatic rings. The second kappa shape index (κ2) is 5.88. The molecule has 1 aromatic carbocycles. The highest BCUT2D eigenvalue weighted by atomic mass is 16.2. The fourth-order valence-electron chi connectivity index (χ4n) is 2.52. The average Bonchev–Trinajstić information content (AvgIpc) is 3.01. The van der Waals surface area contributed by atoms with Crippen LogP contribution in [0.4, 0.5) is 11.4 Å². The molecule has 0 atom stereocenters. The van der Waals surface area contributed by atoms with Gasteiger partial charge in [-0.2, -0.15) is 0 Å². The minimum Gasteiger partial charge on any atom is -0.372 e. The number of hydrogen-bond acceptors (Lipinski definition) is 4. The fraction of sp³-hybridized carbons (Fsp3) is 0.267. The van der Waals surface area contributed by atoms with Crippen molar-refractivity contribution in [1.29, 1.82) is 0 Å². The average molecular weight is 300 g/mol. The molecule has 1 aliphatic rings. The van der Waals surface area contributed by atoms with Crippen molar-refractivity contribution in [3.63, 3.8) is 0 Å². The number of benzene rings is 1. The summed E-state index contributed by atoms with van der Waals surface area (Å²) in [6.07, 6.45) is 2.41. The van der Waals surface area contributed by atoms with Gasteiger partial charge < -0.3 is 15.2 Å². The Morgan fingerprint density at radius 2 is 1.73 bits per heavy atom. The summed E-state index contributed by atoms with van der Waals surface area (Å²) in [6, 6.07) is 8.55. The number of aromatic nitrogens is 2. The Morgan fingerprint density at radius 1 is 1.05 bits per heavy atom. The van der Waals surface area contributed by atoms with Crippen LogP contribution in [0.25, 0.3) is 0 Å². The van der Waals surface area contributed by atoms with Crippen LogP contribution in [0.15, 0.2) is 39.9 Å². The summed E-state index contributed by atoms with van der Waals surface area (Å²) in [6.45, 7) is 2.11. The zero-order valence-corrected chi connectivity index (χ0v) is 11.9. The van der Waals surface area contributed by atoms with Gasteiger partial charge >= 0.3 is 5.69 Å². The molecule has 0 aliphatic carbocycles. The van der Waals surface area contributed by atoms with Gasteiger partial charge in [-0.05, 0) is 37.1 Å². The van der Waals surface area contributed by atoms with Gasteiger partial charge in [-0.1, -0.05) is 0 Å². The summed E-state index contributed by atoms with van der Waals surface area (Å²) in [5.74, 6) is -0.530. The molecule has 3 rings (SSSR count). The molecule has 1 aliphatic heterocycles. The van der Waals surface area contributed by atoms with E-state index in [0.29, 0.717) is 5.69 Å². The summed E-state index contributed by atoms with van der Waals surface area (Å²) in [7, 11) is 0. The van der Waals surface area contributed by atoms with Crippen molar-refractivity contribution < 1.29 is 4.79 Å². The van der Waals surface area contributed by atoms with Gasteiger partial charge in [0.2, 0.25) is 0 Å². The predicted octanol–water partition coefficient (Wildman–Crippen LogP) is 0.916. The van der Waals surface area contributed by atoms with Gasteiger partial charge in [0.15, 0.2) is 0 Å². The van der Waals surface area contributed by atoms with Crippen molar-refractivity contribution in [2.24, 2.45) is 0 Å². The van der Waals surface area contributed by atoms with Crippen LogP contribution in [0.5, 0.6) is 0 Å². The van der Waals surface area contributed by atoms with Gasteiger partial charge in [0.25, 0.3) is 11.5 Å². The monoisotopic (exact) mass is 300 g/mol. The maximum Gasteiger partial charge on any atom is 0.326 e. The molecule has 3 N–H and O–H groups in total. The number of rotatable bonds is 3. The number of H-pyrrole nitrogens is 2. The van der Waals surface area contributed by atoms with Gasteiger partial charge in [-0.3, -0.25) is 14.6 Å². The third-order valence-corrected chi connectivity index (χ3v) is 3.60. The van der Waals surface area contributed by atoms with Crippen LogP contribution >= 0.6 is 0 Å². The van der Waals surface area contributed by atoms with E-state index in [2.05, 4.69) is 15.2 Å². The molecule has 7 nitrogen and oxygen atoms in total. The van der Waals surface area contributed by atoms with Gasteiger partial charge in [0, 0.05) is 30.5 Å². The van der Waals surface area contributed by atoms with Crippen LogP contribution in [0.1, 0.15) is 23.3 Å². The van der Waals surface area contributed by atoms with Crippen LogP contribution in [0.3, 0.4) is 0 Å². The zero-order chi connectivity index (χ0) is 15.5. The summed E-state index contributed by atoms with van der Waals surface area (Å²) in [5.41, 5.74) is 0.340. The van der Waals surface area contributed by atoms with Crippen LogP contribution in [-0.2, 0) is 0 Å². The summed E-state index contributed by atoms with van der Waals surface area (Å²) in [5, 5.41) is 2.65. The van der Waals surface area contributed by atoms with E-state index >= 15 is 0 Å². The minimum absolute atomic E-state index is 0.0719. The van der Waals surface area contributed by atoms with Crippen LogP contribution in [-0.4, -0.2) is 29.0 Å². The normalized spacial score (nSPS) is 14.1. The third-order valence-electron chi connectivity index (χ3n) is 3.60. The molecule has 1 amide bonds. The maximum atomic E-state index is 12.0. The number of aromatic amines is 2. The second-order valence-electron chi connectivity index (χ2n) is 5.20. The first-order valence-corrected chi connectivity index (χ1v) is 7.12. The number of carbonyl (C=O) groups excluding carboxylic acids is 1. The van der Waals surface area contributed by atoms with Gasteiger partial charge in [-0.25, -0.2) is 4.79 Å². The highest BCUT2D eigenvalue weighted by Crippen LogP contribution is 2.22. The van der Waals surface area contributed by atoms with E-state index in [-0.39, 0.29) is 5.69 Å². The molecule has 114 valence electrons. The van der Waals surface area contributed by atoms with Crippen molar-refractivity contribution in [3.8, 4) is 0 Å². The predicted molar refractivity (Wildman–Crippen MR) is 83.5 cm³/mol. The molecule has 0 radical (unpaired) electrons. The molecule has 0 bridgehead atoms. The molecule has 0 saturated carbocycles. The largest absolute Gasteiger partial charge is 0.372 e. The quantitative estimate of drug-likeness (QED) is 0.785. The number of hydrogen-bond donors (Lipinski definition) is 3. The van der Waals surface area contributed by atoms with E-state index in [0.717, 1.165) is 24.8 Å². The zero-order valence-electron chi connectivity index (χ0n) is 11.9. The van der Waals surface area contributed by atoms with Crippen molar-refractivity contribution in [3.05, 3.63) is 56.9 Å². The Bertz CT molecular complexity index is 757. The van der Waals surface area contributed by atoms with Crippen molar-refractivity contribution in [2.45, 2.75) is 12.8 Å². The molecule has 1 saturated heterocycles. The molecule has 0 spiro atoms. The number of carbonyl (C=O) groups is 1. The number of nitrogens with one attached hydrogen (secondary N) is 3. The van der Waals surface area contributed by atoms with E-state index in [9.17, 15) is 14.4 Å². The number of nitrogens with zero attached hydrogens (tertiary/aromatic N) is 1. The van der Waals surface area contributed by atoms with E-state index in [1.807, 2.05) is 17.1 Å². The summed E-state index contributed by atoms with van der Waals surface area (Å²) < 4.78 is 0. The summed E-state index contributed by atoms with van der Waals surface area (Å²) in [4.78, 5) is 41.0. The molecule has 1 fully saturated rings. The Balaban J connectivity index is 1.73. The first-order chi connectivity index (χ1) is 10.6. The maximum absolute atomic E-state index is 12.0. The fourth-order valence-corrected chi connectivity index (χ4v) is 2.52. The lowest BCUT2D eigenvalue weighted by Gasteiger charge is -2.17. The Kier molecular flexibility index (Phi) is 3.78.